The van der Waals surface area contributed by atoms with E-state index in [2.05, 4.69) is 20.3 Å². The third-order valence-electron chi connectivity index (χ3n) is 4.30. The van der Waals surface area contributed by atoms with E-state index in [1.807, 2.05) is 31.2 Å². The maximum absolute atomic E-state index is 6.07. The van der Waals surface area contributed by atoms with E-state index < -0.39 is 0 Å². The fourth-order valence-corrected chi connectivity index (χ4v) is 3.14. The number of hydrogen-bond acceptors (Lipinski definition) is 6. The van der Waals surface area contributed by atoms with Gasteiger partial charge in [-0.05, 0) is 55.7 Å². The molecule has 3 aromatic rings. The molecule has 1 atom stereocenters. The van der Waals surface area contributed by atoms with E-state index in [4.69, 9.17) is 21.1 Å². The zero-order valence-electron chi connectivity index (χ0n) is 14.4. The van der Waals surface area contributed by atoms with Crippen LogP contribution in [0.15, 0.2) is 36.7 Å². The van der Waals surface area contributed by atoms with Crippen LogP contribution in [-0.4, -0.2) is 34.3 Å². The fourth-order valence-electron chi connectivity index (χ4n) is 2.99. The van der Waals surface area contributed by atoms with E-state index in [-0.39, 0.29) is 6.10 Å². The number of halogens is 1. The Morgan fingerprint density at radius 1 is 1.23 bits per heavy atom. The van der Waals surface area contributed by atoms with Gasteiger partial charge in [0.2, 0.25) is 0 Å². The molecule has 1 aliphatic heterocycles. The van der Waals surface area contributed by atoms with E-state index in [0.717, 1.165) is 42.0 Å². The third kappa shape index (κ3) is 3.71. The maximum Gasteiger partial charge on any atom is 0.160 e. The highest BCUT2D eigenvalue weighted by Gasteiger charge is 2.16. The van der Waals surface area contributed by atoms with Crippen molar-refractivity contribution in [3.8, 4) is 5.75 Å². The second-order valence-corrected chi connectivity index (χ2v) is 6.67. The Bertz CT molecular complexity index is 929. The Morgan fingerprint density at radius 2 is 2.15 bits per heavy atom. The molecule has 0 bridgehead atoms. The molecule has 7 heteroatoms. The summed E-state index contributed by atoms with van der Waals surface area (Å²) in [5.41, 5.74) is 3.32. The van der Waals surface area contributed by atoms with E-state index in [0.29, 0.717) is 23.1 Å². The van der Waals surface area contributed by atoms with Crippen molar-refractivity contribution < 1.29 is 9.47 Å². The summed E-state index contributed by atoms with van der Waals surface area (Å²) in [6.45, 7) is 3.50. The second kappa shape index (κ2) is 7.43. The number of fused-ring (bicyclic) bond motifs is 1. The normalized spacial score (nSPS) is 17.2. The lowest BCUT2D eigenvalue weighted by Gasteiger charge is -2.24. The summed E-state index contributed by atoms with van der Waals surface area (Å²) in [5.74, 6) is 1.49. The molecule has 0 aliphatic carbocycles. The van der Waals surface area contributed by atoms with Gasteiger partial charge in [-0.1, -0.05) is 11.6 Å². The van der Waals surface area contributed by atoms with Crippen LogP contribution in [0, 0.1) is 6.92 Å². The molecule has 4 rings (SSSR count). The van der Waals surface area contributed by atoms with Gasteiger partial charge in [-0.2, -0.15) is 0 Å². The van der Waals surface area contributed by atoms with Crippen LogP contribution in [0.3, 0.4) is 0 Å². The first-order valence-electron chi connectivity index (χ1n) is 8.58. The monoisotopic (exact) mass is 370 g/mol. The molecule has 2 aromatic heterocycles. The van der Waals surface area contributed by atoms with Crippen molar-refractivity contribution in [2.45, 2.75) is 25.9 Å². The SMILES string of the molecule is Cc1cc(Nc2ncnc3ccc(Cl)nc23)ccc1O[C@@H]1CCCOC1. The second-order valence-electron chi connectivity index (χ2n) is 6.29. The smallest absolute Gasteiger partial charge is 0.160 e. The standard InChI is InChI=1S/C19H19ClN4O2/c1-12-9-13(4-6-16(12)26-14-3-2-8-25-10-14)23-19-18-15(21-11-22-19)5-7-17(20)24-18/h4-7,9,11,14H,2-3,8,10H2,1H3,(H,21,22,23)/t14-/m1/s1. The predicted octanol–water partition coefficient (Wildman–Crippen LogP) is 4.29. The van der Waals surface area contributed by atoms with Gasteiger partial charge in [0.25, 0.3) is 0 Å². The van der Waals surface area contributed by atoms with Crippen LogP contribution in [0.25, 0.3) is 11.0 Å². The van der Waals surface area contributed by atoms with Crippen molar-refractivity contribution in [3.05, 3.63) is 47.4 Å². The maximum atomic E-state index is 6.07. The molecule has 1 aliphatic rings. The molecule has 1 aromatic carbocycles. The highest BCUT2D eigenvalue weighted by molar-refractivity contribution is 6.29. The number of hydrogen-bond donors (Lipinski definition) is 1. The third-order valence-corrected chi connectivity index (χ3v) is 4.51. The largest absolute Gasteiger partial charge is 0.488 e. The molecule has 1 fully saturated rings. The van der Waals surface area contributed by atoms with E-state index in [1.165, 1.54) is 6.33 Å². The average molecular weight is 371 g/mol. The van der Waals surface area contributed by atoms with Crippen molar-refractivity contribution in [1.29, 1.82) is 0 Å². The molecule has 6 nitrogen and oxygen atoms in total. The number of nitrogens with zero attached hydrogens (tertiary/aromatic N) is 3. The van der Waals surface area contributed by atoms with Gasteiger partial charge in [-0.15, -0.1) is 0 Å². The zero-order chi connectivity index (χ0) is 17.9. The lowest BCUT2D eigenvalue weighted by molar-refractivity contribution is 0.00716. The molecule has 26 heavy (non-hydrogen) atoms. The Hall–Kier alpha value is -2.44. The van der Waals surface area contributed by atoms with Crippen LogP contribution in [0.5, 0.6) is 5.75 Å². The van der Waals surface area contributed by atoms with Crippen molar-refractivity contribution >= 4 is 34.1 Å². The summed E-state index contributed by atoms with van der Waals surface area (Å²) in [6.07, 6.45) is 3.70. The quantitative estimate of drug-likeness (QED) is 0.691. The lowest BCUT2D eigenvalue weighted by Crippen LogP contribution is -2.28. The topological polar surface area (TPSA) is 69.2 Å². The average Bonchev–Trinajstić information content (AvgIpc) is 2.65. The number of aromatic nitrogens is 3. The number of pyridine rings is 1. The summed E-state index contributed by atoms with van der Waals surface area (Å²) >= 11 is 6.01. The molecule has 1 saturated heterocycles. The first kappa shape index (κ1) is 17.0. The fraction of sp³-hybridized carbons (Fsp3) is 0.316. The molecular formula is C19H19ClN4O2. The van der Waals surface area contributed by atoms with Crippen LogP contribution in [0.2, 0.25) is 5.15 Å². The van der Waals surface area contributed by atoms with Crippen molar-refractivity contribution in [3.63, 3.8) is 0 Å². The van der Waals surface area contributed by atoms with E-state index >= 15 is 0 Å². The van der Waals surface area contributed by atoms with Gasteiger partial charge in [-0.25, -0.2) is 15.0 Å². The minimum absolute atomic E-state index is 0.124. The summed E-state index contributed by atoms with van der Waals surface area (Å²) in [7, 11) is 0. The minimum Gasteiger partial charge on any atom is -0.488 e. The van der Waals surface area contributed by atoms with Crippen LogP contribution in [-0.2, 0) is 4.74 Å². The van der Waals surface area contributed by atoms with Gasteiger partial charge in [-0.3, -0.25) is 0 Å². The van der Waals surface area contributed by atoms with Crippen LogP contribution >= 0.6 is 11.6 Å². The van der Waals surface area contributed by atoms with Gasteiger partial charge in [0.05, 0.1) is 12.1 Å². The summed E-state index contributed by atoms with van der Waals surface area (Å²) in [6, 6.07) is 9.50. The number of aryl methyl sites for hydroxylation is 1. The molecule has 134 valence electrons. The van der Waals surface area contributed by atoms with Crippen LogP contribution in [0.4, 0.5) is 11.5 Å². The van der Waals surface area contributed by atoms with Crippen LogP contribution in [0.1, 0.15) is 18.4 Å². The van der Waals surface area contributed by atoms with Crippen molar-refractivity contribution in [2.24, 2.45) is 0 Å². The first-order chi connectivity index (χ1) is 12.7. The number of benzene rings is 1. The molecule has 0 amide bonds. The number of nitrogens with one attached hydrogen (secondary N) is 1. The van der Waals surface area contributed by atoms with Crippen LogP contribution < -0.4 is 10.1 Å². The first-order valence-corrected chi connectivity index (χ1v) is 8.96. The molecule has 1 N–H and O–H groups in total. The van der Waals surface area contributed by atoms with E-state index in [9.17, 15) is 0 Å². The van der Waals surface area contributed by atoms with Crippen molar-refractivity contribution in [1.82, 2.24) is 15.0 Å². The Labute approximate surface area is 156 Å². The Morgan fingerprint density at radius 3 is 2.96 bits per heavy atom. The van der Waals surface area contributed by atoms with Gasteiger partial charge in [0, 0.05) is 12.3 Å². The highest BCUT2D eigenvalue weighted by Crippen LogP contribution is 2.28. The molecule has 0 unspecified atom stereocenters. The van der Waals surface area contributed by atoms with Gasteiger partial charge < -0.3 is 14.8 Å². The summed E-state index contributed by atoms with van der Waals surface area (Å²) in [5, 5.41) is 3.70. The molecule has 0 radical (unpaired) electrons. The number of rotatable bonds is 4. The van der Waals surface area contributed by atoms with Gasteiger partial charge in [0.15, 0.2) is 5.82 Å². The van der Waals surface area contributed by atoms with Gasteiger partial charge >= 0.3 is 0 Å². The Balaban J connectivity index is 1.55. The molecule has 0 spiro atoms. The van der Waals surface area contributed by atoms with Gasteiger partial charge in [0.1, 0.15) is 28.9 Å². The van der Waals surface area contributed by atoms with Crippen molar-refractivity contribution in [2.75, 3.05) is 18.5 Å². The summed E-state index contributed by atoms with van der Waals surface area (Å²) < 4.78 is 11.5. The summed E-state index contributed by atoms with van der Waals surface area (Å²) in [4.78, 5) is 12.8. The predicted molar refractivity (Wildman–Crippen MR) is 101 cm³/mol. The highest BCUT2D eigenvalue weighted by atomic mass is 35.5. The number of ether oxygens (including phenoxy) is 2. The zero-order valence-corrected chi connectivity index (χ0v) is 15.2. The molecule has 0 saturated carbocycles. The minimum atomic E-state index is 0.124. The lowest BCUT2D eigenvalue weighted by atomic mass is 10.1. The number of anilines is 2. The van der Waals surface area contributed by atoms with E-state index in [1.54, 1.807) is 6.07 Å². The Kier molecular flexibility index (Phi) is 4.86. The molecule has 3 heterocycles. The molecular weight excluding hydrogens is 352 g/mol.